The van der Waals surface area contributed by atoms with Gasteiger partial charge in [-0.1, -0.05) is 142 Å². The highest BCUT2D eigenvalue weighted by Crippen LogP contribution is 2.42. The number of rotatable bonds is 29. The zero-order valence-corrected chi connectivity index (χ0v) is 60.2. The summed E-state index contributed by atoms with van der Waals surface area (Å²) in [6.45, 7) is 10.7. The molecule has 23 heteroatoms. The van der Waals surface area contributed by atoms with Crippen LogP contribution >= 0.6 is 92.7 Å². The Hall–Kier alpha value is -3.60. The van der Waals surface area contributed by atoms with Crippen LogP contribution < -0.4 is 10.0 Å². The maximum atomic E-state index is 13.2. The fourth-order valence-electron chi connectivity index (χ4n) is 12.2. The van der Waals surface area contributed by atoms with Gasteiger partial charge in [0.1, 0.15) is 0 Å². The molecule has 7 aromatic carbocycles. The Balaban J connectivity index is 0.000000387. The lowest BCUT2D eigenvalue weighted by molar-refractivity contribution is 0.0480. The van der Waals surface area contributed by atoms with E-state index in [2.05, 4.69) is 86.4 Å². The molecular formula is C70H81Cl8N5O8S2. The van der Waals surface area contributed by atoms with Gasteiger partial charge in [0.15, 0.2) is 0 Å². The predicted octanol–water partition coefficient (Wildman–Crippen LogP) is 15.5. The van der Waals surface area contributed by atoms with Gasteiger partial charge in [-0.25, -0.2) is 21.6 Å². The number of likely N-dealkylation sites (N-methyl/N-ethyl adjacent to an activating group) is 3. The first-order valence-corrected chi connectivity index (χ1v) is 37.1. The summed E-state index contributed by atoms with van der Waals surface area (Å²) in [6, 6.07) is 42.7. The van der Waals surface area contributed by atoms with Crippen LogP contribution in [0.5, 0.6) is 0 Å². The van der Waals surface area contributed by atoms with Gasteiger partial charge < -0.3 is 39.0 Å². The first-order valence-electron chi connectivity index (χ1n) is 31.0. The van der Waals surface area contributed by atoms with E-state index in [4.69, 9.17) is 99.2 Å². The molecule has 0 saturated heterocycles. The van der Waals surface area contributed by atoms with Crippen LogP contribution in [-0.2, 0) is 77.0 Å². The number of nitrogens with one attached hydrogen (secondary N) is 2. The predicted molar refractivity (Wildman–Crippen MR) is 381 cm³/mol. The number of ether oxygens (including phenoxy) is 4. The SMILES string of the molecule is CN1Cc2c(Cl)cc(Cl)cc2C(c2cccc(CCCOCCOCCNCc3ccc(CCCCOCCOCCNS(=O)(=O)c4cccc(C5CN(C)Cc6c(Cl)cc(Cl)cc65)c4)cc3)c2)C1.CN1Cc2c(Cl)cc(Cl)cc2C(c2cccc(S(=O)(=O)Cl)c2)C1.Cl. The van der Waals surface area contributed by atoms with Crippen molar-refractivity contribution in [3.05, 3.63) is 230 Å². The van der Waals surface area contributed by atoms with Gasteiger partial charge in [0.05, 0.1) is 49.4 Å². The molecule has 0 bridgehead atoms. The Labute approximate surface area is 590 Å². The van der Waals surface area contributed by atoms with E-state index in [1.54, 1.807) is 42.5 Å². The normalized spacial score (nSPS) is 16.8. The molecule has 3 aliphatic heterocycles. The van der Waals surface area contributed by atoms with Gasteiger partial charge in [-0.3, -0.25) is 0 Å². The summed E-state index contributed by atoms with van der Waals surface area (Å²) >= 11 is 38.4. The Morgan fingerprint density at radius 3 is 1.34 bits per heavy atom. The molecule has 0 saturated carbocycles. The van der Waals surface area contributed by atoms with E-state index in [9.17, 15) is 16.8 Å². The second-order valence-electron chi connectivity index (χ2n) is 23.8. The third-order valence-corrected chi connectivity index (χ3v) is 21.2. The summed E-state index contributed by atoms with van der Waals surface area (Å²) in [4.78, 5) is 6.96. The quantitative estimate of drug-likeness (QED) is 0.0341. The van der Waals surface area contributed by atoms with Crippen LogP contribution in [-0.4, -0.2) is 138 Å². The van der Waals surface area contributed by atoms with Crippen molar-refractivity contribution >= 4 is 112 Å². The van der Waals surface area contributed by atoms with Crippen molar-refractivity contribution in [3.8, 4) is 0 Å². The Morgan fingerprint density at radius 1 is 0.441 bits per heavy atom. The second kappa shape index (κ2) is 36.3. The minimum Gasteiger partial charge on any atom is -0.379 e. The van der Waals surface area contributed by atoms with E-state index in [0.29, 0.717) is 77.9 Å². The molecule has 93 heavy (non-hydrogen) atoms. The number of halogens is 8. The van der Waals surface area contributed by atoms with Gasteiger partial charge in [0.2, 0.25) is 10.0 Å². The fourth-order valence-corrected chi connectivity index (χ4v) is 15.8. The Kier molecular flexibility index (Phi) is 29.3. The van der Waals surface area contributed by atoms with Crippen molar-refractivity contribution in [2.24, 2.45) is 0 Å². The average molecular weight is 1470 g/mol. The standard InChI is InChI=1S/C54H66Cl4N4O6S.C16H14Cl3NO2S.ClH/c1-61-35-49(47-30-44(55)32-53(57)51(47)37-61)42-11-5-9-40(28-42)10-7-21-66-25-26-67-22-18-59-34-41-16-14-39(15-17-41)8-3-4-20-65-24-27-68-23-19-60-69(63,64)46-13-6-12-43(29-46)50-36-62(2)38-52-48(50)31-45(56)33-54(52)58;1-20-8-14(10-3-2-4-12(5-10)23(19,21)22)13-6-11(17)7-16(18)15(13)9-20;/h5-6,9,11-17,28-33,49-50,59-60H,3-4,7-8,10,18-27,34-38H2,1-2H3;2-7,14H,8-9H2,1H3;1H. The molecular weight excluding hydrogens is 1390 g/mol. The lowest BCUT2D eigenvalue weighted by Crippen LogP contribution is -2.31. The minimum absolute atomic E-state index is 0. The lowest BCUT2D eigenvalue weighted by atomic mass is 9.84. The van der Waals surface area contributed by atoms with E-state index in [0.717, 1.165) is 116 Å². The number of fused-ring (bicyclic) bond motifs is 3. The van der Waals surface area contributed by atoms with Gasteiger partial charge in [-0.15, -0.1) is 12.4 Å². The highest BCUT2D eigenvalue weighted by molar-refractivity contribution is 8.13. The molecule has 0 spiro atoms. The zero-order valence-electron chi connectivity index (χ0n) is 52.5. The summed E-state index contributed by atoms with van der Waals surface area (Å²) in [5, 5.41) is 7.29. The van der Waals surface area contributed by atoms with Crippen LogP contribution in [0.3, 0.4) is 0 Å². The molecule has 3 atom stereocenters. The summed E-state index contributed by atoms with van der Waals surface area (Å²) in [6.07, 6.45) is 4.89. The molecule has 502 valence electrons. The minimum atomic E-state index is -3.76. The van der Waals surface area contributed by atoms with Crippen molar-refractivity contribution < 1.29 is 35.8 Å². The van der Waals surface area contributed by atoms with Gasteiger partial charge in [0, 0.05) is 131 Å². The largest absolute Gasteiger partial charge is 0.379 e. The van der Waals surface area contributed by atoms with Gasteiger partial charge in [-0.2, -0.15) is 0 Å². The molecule has 0 amide bonds. The van der Waals surface area contributed by atoms with E-state index >= 15 is 0 Å². The number of hydrogen-bond acceptors (Lipinski definition) is 12. The molecule has 3 unspecified atom stereocenters. The Bertz CT molecular complexity index is 3840. The van der Waals surface area contributed by atoms with Crippen LogP contribution in [0.2, 0.25) is 30.1 Å². The molecule has 10 rings (SSSR count). The average Bonchev–Trinajstić information content (AvgIpc) is 0.797. The molecule has 2 N–H and O–H groups in total. The Morgan fingerprint density at radius 2 is 0.849 bits per heavy atom. The van der Waals surface area contributed by atoms with Crippen molar-refractivity contribution in [1.29, 1.82) is 0 Å². The molecule has 7 aromatic rings. The molecule has 3 heterocycles. The monoisotopic (exact) mass is 1460 g/mol. The summed E-state index contributed by atoms with van der Waals surface area (Å²) in [7, 11) is 4.15. The fraction of sp³-hybridized carbons (Fsp3) is 0.400. The molecule has 0 fully saturated rings. The number of sulfonamides is 1. The summed E-state index contributed by atoms with van der Waals surface area (Å²) in [5.74, 6) is 0.169. The third-order valence-electron chi connectivity index (χ3n) is 16.8. The molecule has 3 aliphatic rings. The van der Waals surface area contributed by atoms with Crippen LogP contribution in [0, 0.1) is 0 Å². The van der Waals surface area contributed by atoms with Crippen LogP contribution in [0.4, 0.5) is 0 Å². The second-order valence-corrected chi connectivity index (χ2v) is 30.7. The van der Waals surface area contributed by atoms with Crippen LogP contribution in [0.15, 0.2) is 143 Å². The number of benzene rings is 7. The topological polar surface area (TPSA) is 139 Å². The first kappa shape index (κ1) is 75.2. The van der Waals surface area contributed by atoms with Crippen molar-refractivity contribution in [2.75, 3.05) is 107 Å². The van der Waals surface area contributed by atoms with Crippen molar-refractivity contribution in [2.45, 2.75) is 85.8 Å². The van der Waals surface area contributed by atoms with Gasteiger partial charge in [-0.05, 0) is 181 Å². The number of aryl methyl sites for hydroxylation is 2. The molecule has 13 nitrogen and oxygen atoms in total. The smallest absolute Gasteiger partial charge is 0.261 e. The maximum absolute atomic E-state index is 13.2. The number of nitrogens with zero attached hydrogens (tertiary/aromatic N) is 3. The van der Waals surface area contributed by atoms with Crippen molar-refractivity contribution in [3.63, 3.8) is 0 Å². The number of hydrogen-bond donors (Lipinski definition) is 2. The molecule has 0 aromatic heterocycles. The van der Waals surface area contributed by atoms with Crippen LogP contribution in [0.1, 0.15) is 104 Å². The van der Waals surface area contributed by atoms with Crippen molar-refractivity contribution in [1.82, 2.24) is 24.7 Å². The highest BCUT2D eigenvalue weighted by Gasteiger charge is 2.31. The van der Waals surface area contributed by atoms with E-state index in [1.807, 2.05) is 44.4 Å². The van der Waals surface area contributed by atoms with Crippen LogP contribution in [0.25, 0.3) is 0 Å². The van der Waals surface area contributed by atoms with E-state index in [-0.39, 0.29) is 53.1 Å². The van der Waals surface area contributed by atoms with E-state index in [1.165, 1.54) is 39.4 Å². The molecule has 0 radical (unpaired) electrons. The highest BCUT2D eigenvalue weighted by atomic mass is 35.7. The maximum Gasteiger partial charge on any atom is 0.261 e. The lowest BCUT2D eigenvalue weighted by Gasteiger charge is -2.33. The molecule has 0 aliphatic carbocycles. The third kappa shape index (κ3) is 21.9. The van der Waals surface area contributed by atoms with Gasteiger partial charge >= 0.3 is 0 Å². The van der Waals surface area contributed by atoms with E-state index < -0.39 is 19.1 Å². The summed E-state index contributed by atoms with van der Waals surface area (Å²) in [5.41, 5.74) is 13.4. The number of unbranched alkanes of at least 4 members (excludes halogenated alkanes) is 1. The van der Waals surface area contributed by atoms with Gasteiger partial charge in [0.25, 0.3) is 9.05 Å². The zero-order chi connectivity index (χ0) is 65.4. The summed E-state index contributed by atoms with van der Waals surface area (Å²) < 4.78 is 75.3. The first-order chi connectivity index (χ1) is 44.2.